The fourth-order valence-electron chi connectivity index (χ4n) is 2.88. The first-order chi connectivity index (χ1) is 13.3. The highest BCUT2D eigenvalue weighted by Crippen LogP contribution is 2.24. The van der Waals surface area contributed by atoms with Gasteiger partial charge in [0.1, 0.15) is 0 Å². The van der Waals surface area contributed by atoms with Crippen molar-refractivity contribution in [1.82, 2.24) is 0 Å². The lowest BCUT2D eigenvalue weighted by molar-refractivity contribution is 0.102. The normalized spacial score (nSPS) is 11.1. The van der Waals surface area contributed by atoms with Crippen molar-refractivity contribution in [2.24, 2.45) is 0 Å². The molecule has 0 saturated carbocycles. The van der Waals surface area contributed by atoms with E-state index in [4.69, 9.17) is 0 Å². The SMILES string of the molecule is Cc1ccc(NS(=O)(=O)c2cc(C(=O)Nc3ccccc3)ccc2C)c(C)c1. The van der Waals surface area contributed by atoms with Gasteiger partial charge in [-0.1, -0.05) is 42.0 Å². The highest BCUT2D eigenvalue weighted by Gasteiger charge is 2.20. The second-order valence-corrected chi connectivity index (χ2v) is 8.38. The van der Waals surface area contributed by atoms with Gasteiger partial charge in [-0.25, -0.2) is 8.42 Å². The van der Waals surface area contributed by atoms with Gasteiger partial charge in [0.2, 0.25) is 0 Å². The molecular formula is C22H22N2O3S. The van der Waals surface area contributed by atoms with Gasteiger partial charge in [0.05, 0.1) is 10.6 Å². The molecule has 0 saturated heterocycles. The van der Waals surface area contributed by atoms with E-state index in [0.29, 0.717) is 16.9 Å². The molecule has 3 rings (SSSR count). The van der Waals surface area contributed by atoms with Crippen molar-refractivity contribution in [3.8, 4) is 0 Å². The minimum absolute atomic E-state index is 0.0770. The molecule has 0 aliphatic rings. The zero-order valence-corrected chi connectivity index (χ0v) is 16.8. The predicted octanol–water partition coefficient (Wildman–Crippen LogP) is 4.66. The zero-order valence-electron chi connectivity index (χ0n) is 16.0. The summed E-state index contributed by atoms with van der Waals surface area (Å²) in [7, 11) is -3.84. The number of rotatable bonds is 5. The first kappa shape index (κ1) is 19.6. The van der Waals surface area contributed by atoms with Crippen molar-refractivity contribution in [2.75, 3.05) is 10.0 Å². The molecule has 0 spiro atoms. The molecule has 0 bridgehead atoms. The molecule has 3 aromatic carbocycles. The third-order valence-corrected chi connectivity index (χ3v) is 5.91. The maximum absolute atomic E-state index is 12.9. The summed E-state index contributed by atoms with van der Waals surface area (Å²) in [6.45, 7) is 5.50. The van der Waals surface area contributed by atoms with Gasteiger partial charge in [0.15, 0.2) is 0 Å². The molecule has 0 aliphatic carbocycles. The Balaban J connectivity index is 1.90. The van der Waals surface area contributed by atoms with E-state index >= 15 is 0 Å². The topological polar surface area (TPSA) is 75.3 Å². The summed E-state index contributed by atoms with van der Waals surface area (Å²) in [6, 6.07) is 19.2. The summed E-state index contributed by atoms with van der Waals surface area (Å²) in [5.74, 6) is -0.367. The van der Waals surface area contributed by atoms with E-state index in [1.165, 1.54) is 6.07 Å². The van der Waals surface area contributed by atoms with Crippen LogP contribution in [0, 0.1) is 20.8 Å². The van der Waals surface area contributed by atoms with Gasteiger partial charge in [-0.05, 0) is 62.2 Å². The Morgan fingerprint density at radius 2 is 1.54 bits per heavy atom. The van der Waals surface area contributed by atoms with Crippen LogP contribution in [0.1, 0.15) is 27.0 Å². The van der Waals surface area contributed by atoms with E-state index in [0.717, 1.165) is 11.1 Å². The Labute approximate surface area is 165 Å². The van der Waals surface area contributed by atoms with Crippen molar-refractivity contribution in [3.05, 3.63) is 89.0 Å². The Morgan fingerprint density at radius 3 is 2.21 bits per heavy atom. The molecule has 0 fully saturated rings. The molecule has 144 valence electrons. The Morgan fingerprint density at radius 1 is 0.821 bits per heavy atom. The van der Waals surface area contributed by atoms with Crippen LogP contribution in [-0.2, 0) is 10.0 Å². The van der Waals surface area contributed by atoms with E-state index in [9.17, 15) is 13.2 Å². The summed E-state index contributed by atoms with van der Waals surface area (Å²) >= 11 is 0. The number of benzene rings is 3. The molecule has 28 heavy (non-hydrogen) atoms. The summed E-state index contributed by atoms with van der Waals surface area (Å²) in [5.41, 5.74) is 3.88. The van der Waals surface area contributed by atoms with Gasteiger partial charge < -0.3 is 5.32 Å². The van der Waals surface area contributed by atoms with Crippen molar-refractivity contribution in [3.63, 3.8) is 0 Å². The van der Waals surface area contributed by atoms with Crippen LogP contribution in [0.4, 0.5) is 11.4 Å². The van der Waals surface area contributed by atoms with Crippen molar-refractivity contribution in [2.45, 2.75) is 25.7 Å². The molecule has 1 amide bonds. The number of nitrogens with one attached hydrogen (secondary N) is 2. The second kappa shape index (κ2) is 7.86. The standard InChI is InChI=1S/C22H22N2O3S/c1-15-9-12-20(17(3)13-15)24-28(26,27)21-14-18(11-10-16(21)2)22(25)23-19-7-5-4-6-8-19/h4-14,24H,1-3H3,(H,23,25). The number of aryl methyl sites for hydroxylation is 3. The lowest BCUT2D eigenvalue weighted by Crippen LogP contribution is -2.17. The van der Waals surface area contributed by atoms with Gasteiger partial charge in [-0.3, -0.25) is 9.52 Å². The Hall–Kier alpha value is -3.12. The first-order valence-corrected chi connectivity index (χ1v) is 10.3. The molecular weight excluding hydrogens is 372 g/mol. The average Bonchev–Trinajstić information content (AvgIpc) is 2.65. The smallest absolute Gasteiger partial charge is 0.262 e. The molecule has 0 aromatic heterocycles. The number of amides is 1. The number of hydrogen-bond donors (Lipinski definition) is 2. The second-order valence-electron chi connectivity index (χ2n) is 6.72. The minimum atomic E-state index is -3.84. The fraction of sp³-hybridized carbons (Fsp3) is 0.136. The number of carbonyl (C=O) groups is 1. The minimum Gasteiger partial charge on any atom is -0.322 e. The van der Waals surface area contributed by atoms with E-state index in [1.807, 2.05) is 44.2 Å². The highest BCUT2D eigenvalue weighted by molar-refractivity contribution is 7.92. The van der Waals surface area contributed by atoms with Crippen LogP contribution >= 0.6 is 0 Å². The summed E-state index contributed by atoms with van der Waals surface area (Å²) in [6.07, 6.45) is 0. The number of anilines is 2. The van der Waals surface area contributed by atoms with Crippen LogP contribution in [0.25, 0.3) is 0 Å². The average molecular weight is 394 g/mol. The van der Waals surface area contributed by atoms with E-state index in [1.54, 1.807) is 37.3 Å². The zero-order chi connectivity index (χ0) is 20.3. The summed E-state index contributed by atoms with van der Waals surface area (Å²) in [4.78, 5) is 12.6. The van der Waals surface area contributed by atoms with Crippen LogP contribution < -0.4 is 10.0 Å². The summed E-state index contributed by atoms with van der Waals surface area (Å²) in [5, 5.41) is 2.77. The van der Waals surface area contributed by atoms with Crippen LogP contribution in [0.2, 0.25) is 0 Å². The van der Waals surface area contributed by atoms with E-state index in [2.05, 4.69) is 10.0 Å². The summed E-state index contributed by atoms with van der Waals surface area (Å²) < 4.78 is 28.5. The first-order valence-electron chi connectivity index (χ1n) is 8.83. The number of hydrogen-bond acceptors (Lipinski definition) is 3. The van der Waals surface area contributed by atoms with Crippen molar-refractivity contribution in [1.29, 1.82) is 0 Å². The molecule has 3 aromatic rings. The predicted molar refractivity (Wildman–Crippen MR) is 112 cm³/mol. The third kappa shape index (κ3) is 4.40. The molecule has 0 radical (unpaired) electrons. The van der Waals surface area contributed by atoms with E-state index in [-0.39, 0.29) is 16.4 Å². The lowest BCUT2D eigenvalue weighted by Gasteiger charge is -2.14. The number of carbonyl (C=O) groups excluding carboxylic acids is 1. The highest BCUT2D eigenvalue weighted by atomic mass is 32.2. The molecule has 0 aliphatic heterocycles. The van der Waals surface area contributed by atoms with Gasteiger partial charge in [-0.2, -0.15) is 0 Å². The Bertz CT molecular complexity index is 1120. The fourth-order valence-corrected chi connectivity index (χ4v) is 4.29. The number of sulfonamides is 1. The lowest BCUT2D eigenvalue weighted by atomic mass is 10.1. The maximum Gasteiger partial charge on any atom is 0.262 e. The van der Waals surface area contributed by atoms with Gasteiger partial charge in [0.25, 0.3) is 15.9 Å². The number of para-hydroxylation sites is 1. The van der Waals surface area contributed by atoms with Crippen molar-refractivity contribution >= 4 is 27.3 Å². The quantitative estimate of drug-likeness (QED) is 0.661. The largest absolute Gasteiger partial charge is 0.322 e. The van der Waals surface area contributed by atoms with Crippen LogP contribution in [-0.4, -0.2) is 14.3 Å². The van der Waals surface area contributed by atoms with Crippen molar-refractivity contribution < 1.29 is 13.2 Å². The van der Waals surface area contributed by atoms with E-state index < -0.39 is 10.0 Å². The maximum atomic E-state index is 12.9. The third-order valence-electron chi connectivity index (χ3n) is 4.40. The van der Waals surface area contributed by atoms with Gasteiger partial charge >= 0.3 is 0 Å². The molecule has 5 nitrogen and oxygen atoms in total. The van der Waals surface area contributed by atoms with Gasteiger partial charge in [-0.15, -0.1) is 0 Å². The molecule has 0 unspecified atom stereocenters. The Kier molecular flexibility index (Phi) is 5.51. The molecule has 0 atom stereocenters. The molecule has 6 heteroatoms. The van der Waals surface area contributed by atoms with Crippen LogP contribution in [0.15, 0.2) is 71.6 Å². The van der Waals surface area contributed by atoms with Gasteiger partial charge in [0, 0.05) is 11.3 Å². The molecule has 0 heterocycles. The van der Waals surface area contributed by atoms with Crippen LogP contribution in [0.5, 0.6) is 0 Å². The molecule has 2 N–H and O–H groups in total. The van der Waals surface area contributed by atoms with Crippen LogP contribution in [0.3, 0.4) is 0 Å². The monoisotopic (exact) mass is 394 g/mol.